The van der Waals surface area contributed by atoms with Gasteiger partial charge >= 0.3 is 11.9 Å². The van der Waals surface area contributed by atoms with Gasteiger partial charge in [0.2, 0.25) is 0 Å². The van der Waals surface area contributed by atoms with Gasteiger partial charge in [0, 0.05) is 25.7 Å². The van der Waals surface area contributed by atoms with E-state index in [1.54, 1.807) is 13.8 Å². The first-order valence-corrected chi connectivity index (χ1v) is 15.8. The lowest BCUT2D eigenvalue weighted by molar-refractivity contribution is -0.137. The number of carbonyl (C=O) groups is 4. The predicted octanol–water partition coefficient (Wildman–Crippen LogP) is 9.69. The lowest BCUT2D eigenvalue weighted by atomic mass is 10.1. The summed E-state index contributed by atoms with van der Waals surface area (Å²) in [4.78, 5) is 39.8. The monoisotopic (exact) mass is 580 g/mol. The number of hydrogen-bond acceptors (Lipinski definition) is 4. The van der Waals surface area contributed by atoms with Gasteiger partial charge in [0.05, 0.1) is 0 Å². The highest BCUT2D eigenvalue weighted by Crippen LogP contribution is 2.11. The number of carboxylic acid groups (broad SMARTS) is 2. The number of carbonyl (C=O) groups excluding carboxylic acids is 2. The number of rotatable bonds is 22. The zero-order valence-corrected chi connectivity index (χ0v) is 26.8. The SMILES string of the molecule is CCC(=O)O.CCC(=O)O.CCCCCCCCCCCC(=O)S.CCCCCCCCCCCC(=O)S. The molecule has 0 unspecified atom stereocenters. The molecule has 0 aromatic heterocycles. The zero-order valence-electron chi connectivity index (χ0n) is 25.0. The molecule has 0 saturated carbocycles. The van der Waals surface area contributed by atoms with Crippen LogP contribution in [-0.4, -0.2) is 32.4 Å². The van der Waals surface area contributed by atoms with Crippen LogP contribution in [0.25, 0.3) is 0 Å². The predicted molar refractivity (Wildman–Crippen MR) is 168 cm³/mol. The van der Waals surface area contributed by atoms with Gasteiger partial charge in [-0.3, -0.25) is 19.2 Å². The van der Waals surface area contributed by atoms with E-state index in [1.165, 1.54) is 103 Å². The number of unbranched alkanes of at least 4 members (excludes halogenated alkanes) is 16. The summed E-state index contributed by atoms with van der Waals surface area (Å²) in [5.41, 5.74) is 0. The van der Waals surface area contributed by atoms with Crippen molar-refractivity contribution in [1.82, 2.24) is 0 Å². The Bertz CT molecular complexity index is 481. The highest BCUT2D eigenvalue weighted by atomic mass is 32.1. The third-order valence-corrected chi connectivity index (χ3v) is 6.04. The van der Waals surface area contributed by atoms with Gasteiger partial charge in [-0.05, 0) is 12.8 Å². The molecule has 0 aliphatic rings. The average Bonchev–Trinajstić information content (AvgIpc) is 2.87. The lowest BCUT2D eigenvalue weighted by Gasteiger charge is -2.00. The van der Waals surface area contributed by atoms with Crippen molar-refractivity contribution in [1.29, 1.82) is 0 Å². The minimum atomic E-state index is -0.745. The first-order chi connectivity index (χ1) is 18.1. The average molecular weight is 581 g/mol. The molecule has 8 heteroatoms. The van der Waals surface area contributed by atoms with Crippen molar-refractivity contribution < 1.29 is 29.4 Å². The largest absolute Gasteiger partial charge is 0.481 e. The molecule has 0 aromatic rings. The molecule has 0 aromatic carbocycles. The molecule has 0 radical (unpaired) electrons. The summed E-state index contributed by atoms with van der Waals surface area (Å²) in [7, 11) is 0. The van der Waals surface area contributed by atoms with E-state index in [2.05, 4.69) is 39.1 Å². The van der Waals surface area contributed by atoms with Crippen LogP contribution in [0.15, 0.2) is 0 Å². The Morgan fingerprint density at radius 3 is 0.763 bits per heavy atom. The molecule has 0 bridgehead atoms. The van der Waals surface area contributed by atoms with Gasteiger partial charge in [0.15, 0.2) is 10.2 Å². The maximum atomic E-state index is 10.5. The second-order valence-corrected chi connectivity index (χ2v) is 10.4. The summed E-state index contributed by atoms with van der Waals surface area (Å²) in [6, 6.07) is 0. The molecular weight excluding hydrogens is 520 g/mol. The number of thiol groups is 2. The fourth-order valence-corrected chi connectivity index (χ4v) is 3.49. The normalized spacial score (nSPS) is 9.63. The van der Waals surface area contributed by atoms with Gasteiger partial charge in [0.25, 0.3) is 0 Å². The van der Waals surface area contributed by atoms with E-state index in [-0.39, 0.29) is 23.1 Å². The molecule has 0 rings (SSSR count). The first-order valence-electron chi connectivity index (χ1n) is 15.0. The van der Waals surface area contributed by atoms with Crippen molar-refractivity contribution >= 4 is 47.4 Å². The molecule has 0 atom stereocenters. The molecule has 0 spiro atoms. The van der Waals surface area contributed by atoms with E-state index in [0.717, 1.165) is 12.8 Å². The quantitative estimate of drug-likeness (QED) is 0.0749. The van der Waals surface area contributed by atoms with Crippen molar-refractivity contribution in [2.75, 3.05) is 0 Å². The van der Waals surface area contributed by atoms with E-state index in [9.17, 15) is 19.2 Å². The van der Waals surface area contributed by atoms with Crippen LogP contribution in [0.3, 0.4) is 0 Å². The van der Waals surface area contributed by atoms with Gasteiger partial charge in [-0.15, -0.1) is 25.3 Å². The fraction of sp³-hybridized carbons (Fsp3) is 0.867. The van der Waals surface area contributed by atoms with Crippen molar-refractivity contribution in [3.05, 3.63) is 0 Å². The van der Waals surface area contributed by atoms with Crippen LogP contribution in [0.1, 0.15) is 169 Å². The van der Waals surface area contributed by atoms with E-state index < -0.39 is 11.9 Å². The molecular formula is C30H60O6S2. The number of carboxylic acids is 2. The van der Waals surface area contributed by atoms with E-state index in [1.807, 2.05) is 0 Å². The van der Waals surface area contributed by atoms with E-state index in [4.69, 9.17) is 10.2 Å². The molecule has 0 aliphatic carbocycles. The molecule has 0 aliphatic heterocycles. The maximum absolute atomic E-state index is 10.5. The maximum Gasteiger partial charge on any atom is 0.303 e. The van der Waals surface area contributed by atoms with Gasteiger partial charge in [-0.25, -0.2) is 0 Å². The minimum absolute atomic E-state index is 0.0351. The van der Waals surface area contributed by atoms with Gasteiger partial charge in [-0.2, -0.15) is 0 Å². The topological polar surface area (TPSA) is 109 Å². The van der Waals surface area contributed by atoms with Crippen LogP contribution in [-0.2, 0) is 19.2 Å². The fourth-order valence-electron chi connectivity index (χ4n) is 3.17. The molecule has 0 fully saturated rings. The van der Waals surface area contributed by atoms with Crippen LogP contribution in [0.4, 0.5) is 0 Å². The second kappa shape index (κ2) is 40.5. The summed E-state index contributed by atoms with van der Waals surface area (Å²) in [6.45, 7) is 7.69. The first kappa shape index (κ1) is 44.0. The molecule has 228 valence electrons. The Morgan fingerprint density at radius 1 is 0.421 bits per heavy atom. The lowest BCUT2D eigenvalue weighted by Crippen LogP contribution is -1.86. The molecule has 2 N–H and O–H groups in total. The van der Waals surface area contributed by atoms with Crippen LogP contribution in [0.2, 0.25) is 0 Å². The third kappa shape index (κ3) is 64.7. The van der Waals surface area contributed by atoms with Crippen molar-refractivity contribution in [2.45, 2.75) is 169 Å². The molecule has 6 nitrogen and oxygen atoms in total. The summed E-state index contributed by atoms with van der Waals surface area (Å²) in [6.07, 6.45) is 25.2. The number of aliphatic carboxylic acids is 2. The Hall–Kier alpha value is -1.02. The van der Waals surface area contributed by atoms with Crippen LogP contribution in [0.5, 0.6) is 0 Å². The van der Waals surface area contributed by atoms with Crippen molar-refractivity contribution in [3.8, 4) is 0 Å². The van der Waals surface area contributed by atoms with E-state index in [0.29, 0.717) is 12.8 Å². The van der Waals surface area contributed by atoms with Gasteiger partial charge in [0.1, 0.15) is 0 Å². The molecule has 0 saturated heterocycles. The highest BCUT2D eigenvalue weighted by molar-refractivity contribution is 7.96. The summed E-state index contributed by atoms with van der Waals surface area (Å²) in [5, 5.41) is 15.5. The van der Waals surface area contributed by atoms with Gasteiger partial charge in [-0.1, -0.05) is 130 Å². The van der Waals surface area contributed by atoms with Gasteiger partial charge < -0.3 is 10.2 Å². The summed E-state index contributed by atoms with van der Waals surface area (Å²) in [5.74, 6) is -1.49. The summed E-state index contributed by atoms with van der Waals surface area (Å²) >= 11 is 7.48. The van der Waals surface area contributed by atoms with Crippen LogP contribution >= 0.6 is 25.3 Å². The second-order valence-electron chi connectivity index (χ2n) is 9.44. The van der Waals surface area contributed by atoms with Crippen LogP contribution < -0.4 is 0 Å². The minimum Gasteiger partial charge on any atom is -0.481 e. The third-order valence-electron chi connectivity index (χ3n) is 5.59. The summed E-state index contributed by atoms with van der Waals surface area (Å²) < 4.78 is 0. The Morgan fingerprint density at radius 2 is 0.605 bits per heavy atom. The number of hydrogen-bond donors (Lipinski definition) is 4. The Balaban J connectivity index is -0.000000225. The molecule has 0 amide bonds. The Labute approximate surface area is 245 Å². The smallest absolute Gasteiger partial charge is 0.303 e. The van der Waals surface area contributed by atoms with Crippen molar-refractivity contribution in [2.24, 2.45) is 0 Å². The zero-order chi connectivity index (χ0) is 29.9. The highest BCUT2D eigenvalue weighted by Gasteiger charge is 1.96. The molecule has 38 heavy (non-hydrogen) atoms. The van der Waals surface area contributed by atoms with Crippen molar-refractivity contribution in [3.63, 3.8) is 0 Å². The van der Waals surface area contributed by atoms with E-state index >= 15 is 0 Å². The Kier molecular flexibility index (Phi) is 46.9. The van der Waals surface area contributed by atoms with Crippen LogP contribution in [0, 0.1) is 0 Å². The standard InChI is InChI=1S/2C12H24OS.2C3H6O2/c2*1-2-3-4-5-6-7-8-9-10-11-12(13)14;2*1-2-3(4)5/h2*2-11H2,1H3,(H,13,14);2*2H2,1H3,(H,4,5). The molecule has 0 heterocycles.